The first-order chi connectivity index (χ1) is 9.51. The van der Waals surface area contributed by atoms with Crippen LogP contribution in [-0.2, 0) is 6.54 Å². The van der Waals surface area contributed by atoms with Crippen LogP contribution in [-0.4, -0.2) is 15.5 Å². The molecule has 2 aromatic rings. The number of anilines is 1. The average Bonchev–Trinajstić information content (AvgIpc) is 2.74. The van der Waals surface area contributed by atoms with Crippen LogP contribution in [0.3, 0.4) is 0 Å². The second-order valence-electron chi connectivity index (χ2n) is 4.46. The van der Waals surface area contributed by atoms with Gasteiger partial charge in [-0.25, -0.2) is 4.98 Å². The quantitative estimate of drug-likeness (QED) is 0.862. The van der Waals surface area contributed by atoms with E-state index in [0.29, 0.717) is 27.3 Å². The number of hydrogen-bond donors (Lipinski definition) is 1. The van der Waals surface area contributed by atoms with Crippen LogP contribution < -0.4 is 5.32 Å². The molecule has 1 amide bonds. The van der Waals surface area contributed by atoms with Crippen molar-refractivity contribution < 1.29 is 4.79 Å². The van der Waals surface area contributed by atoms with E-state index in [2.05, 4.69) is 10.3 Å². The van der Waals surface area contributed by atoms with Gasteiger partial charge in [0.2, 0.25) is 0 Å². The highest BCUT2D eigenvalue weighted by Crippen LogP contribution is 2.19. The van der Waals surface area contributed by atoms with Crippen LogP contribution in [0.5, 0.6) is 0 Å². The fraction of sp³-hybridized carbons (Fsp3) is 0.286. The largest absolute Gasteiger partial charge is 0.342 e. The highest BCUT2D eigenvalue weighted by Gasteiger charge is 2.14. The molecule has 0 aliphatic carbocycles. The summed E-state index contributed by atoms with van der Waals surface area (Å²) in [5, 5.41) is 3.78. The number of carbonyl (C=O) groups excluding carboxylic acids is 1. The van der Waals surface area contributed by atoms with Crippen LogP contribution >= 0.6 is 23.2 Å². The van der Waals surface area contributed by atoms with Gasteiger partial charge in [-0.2, -0.15) is 0 Å². The van der Waals surface area contributed by atoms with E-state index in [1.165, 1.54) is 0 Å². The van der Waals surface area contributed by atoms with E-state index in [9.17, 15) is 4.79 Å². The molecule has 2 heterocycles. The summed E-state index contributed by atoms with van der Waals surface area (Å²) in [6.45, 7) is 4.58. The normalized spacial score (nSPS) is 10.6. The molecule has 2 aromatic heterocycles. The number of rotatable bonds is 4. The highest BCUT2D eigenvalue weighted by molar-refractivity contribution is 6.31. The molecule has 0 bridgehead atoms. The Labute approximate surface area is 127 Å². The Kier molecular flexibility index (Phi) is 4.68. The molecule has 0 saturated heterocycles. The van der Waals surface area contributed by atoms with Gasteiger partial charge in [0, 0.05) is 12.7 Å². The standard InChI is InChI=1S/C14H15Cl2N3O/c1-3-6-19-8-10(15)7-12(19)14(20)18-11-4-5-13(16)17-9(11)2/h4-5,7-8H,3,6H2,1-2H3,(H,18,20). The maximum atomic E-state index is 12.3. The van der Waals surface area contributed by atoms with Crippen LogP contribution in [0.15, 0.2) is 24.4 Å². The number of nitrogens with zero attached hydrogens (tertiary/aromatic N) is 2. The van der Waals surface area contributed by atoms with Gasteiger partial charge in [-0.1, -0.05) is 30.1 Å². The zero-order chi connectivity index (χ0) is 14.7. The maximum Gasteiger partial charge on any atom is 0.272 e. The molecule has 0 saturated carbocycles. The predicted molar refractivity (Wildman–Crippen MR) is 81.7 cm³/mol. The smallest absolute Gasteiger partial charge is 0.272 e. The van der Waals surface area contributed by atoms with Gasteiger partial charge in [-0.05, 0) is 31.5 Å². The number of carbonyl (C=O) groups is 1. The van der Waals surface area contributed by atoms with Gasteiger partial charge in [0.05, 0.1) is 16.4 Å². The molecule has 0 unspecified atom stereocenters. The number of aromatic nitrogens is 2. The summed E-state index contributed by atoms with van der Waals surface area (Å²) in [5.74, 6) is -0.211. The Morgan fingerprint density at radius 1 is 1.40 bits per heavy atom. The van der Waals surface area contributed by atoms with Gasteiger partial charge >= 0.3 is 0 Å². The van der Waals surface area contributed by atoms with Crippen molar-refractivity contribution in [2.75, 3.05) is 5.32 Å². The second-order valence-corrected chi connectivity index (χ2v) is 5.28. The monoisotopic (exact) mass is 311 g/mol. The third-order valence-corrected chi connectivity index (χ3v) is 3.28. The fourth-order valence-electron chi connectivity index (χ4n) is 1.94. The van der Waals surface area contributed by atoms with Crippen molar-refractivity contribution in [2.24, 2.45) is 0 Å². The van der Waals surface area contributed by atoms with E-state index < -0.39 is 0 Å². The van der Waals surface area contributed by atoms with Crippen molar-refractivity contribution in [2.45, 2.75) is 26.8 Å². The number of hydrogen-bond acceptors (Lipinski definition) is 2. The molecular weight excluding hydrogens is 297 g/mol. The summed E-state index contributed by atoms with van der Waals surface area (Å²) in [4.78, 5) is 16.4. The summed E-state index contributed by atoms with van der Waals surface area (Å²) in [6, 6.07) is 5.03. The van der Waals surface area contributed by atoms with E-state index in [1.54, 1.807) is 31.3 Å². The summed E-state index contributed by atoms with van der Waals surface area (Å²) in [7, 11) is 0. The average molecular weight is 312 g/mol. The van der Waals surface area contributed by atoms with Gasteiger partial charge in [0.25, 0.3) is 5.91 Å². The Morgan fingerprint density at radius 2 is 2.15 bits per heavy atom. The molecule has 4 nitrogen and oxygen atoms in total. The van der Waals surface area contributed by atoms with Gasteiger partial charge in [0.15, 0.2) is 0 Å². The minimum atomic E-state index is -0.211. The molecule has 1 N–H and O–H groups in total. The summed E-state index contributed by atoms with van der Waals surface area (Å²) in [6.07, 6.45) is 2.68. The number of nitrogens with one attached hydrogen (secondary N) is 1. The Morgan fingerprint density at radius 3 is 2.80 bits per heavy atom. The van der Waals surface area contributed by atoms with Gasteiger partial charge in [-0.3, -0.25) is 4.79 Å². The van der Waals surface area contributed by atoms with E-state index in [1.807, 2.05) is 11.5 Å². The van der Waals surface area contributed by atoms with Crippen LogP contribution in [0.25, 0.3) is 0 Å². The maximum absolute atomic E-state index is 12.3. The Hall–Kier alpha value is -1.52. The molecule has 20 heavy (non-hydrogen) atoms. The van der Waals surface area contributed by atoms with E-state index in [0.717, 1.165) is 13.0 Å². The third-order valence-electron chi connectivity index (χ3n) is 2.86. The first kappa shape index (κ1) is 14.9. The third kappa shape index (κ3) is 3.32. The molecule has 0 spiro atoms. The molecule has 106 valence electrons. The van der Waals surface area contributed by atoms with Gasteiger partial charge in [0.1, 0.15) is 10.8 Å². The summed E-state index contributed by atoms with van der Waals surface area (Å²) < 4.78 is 1.84. The SMILES string of the molecule is CCCn1cc(Cl)cc1C(=O)Nc1ccc(Cl)nc1C. The van der Waals surface area contributed by atoms with Crippen molar-refractivity contribution in [3.05, 3.63) is 46.0 Å². The number of pyridine rings is 1. The lowest BCUT2D eigenvalue weighted by molar-refractivity contribution is 0.101. The second kappa shape index (κ2) is 6.29. The molecule has 6 heteroatoms. The highest BCUT2D eigenvalue weighted by atomic mass is 35.5. The Balaban J connectivity index is 2.23. The van der Waals surface area contributed by atoms with E-state index in [4.69, 9.17) is 23.2 Å². The van der Waals surface area contributed by atoms with Crippen molar-refractivity contribution in [1.29, 1.82) is 0 Å². The van der Waals surface area contributed by atoms with Crippen molar-refractivity contribution in [3.8, 4) is 0 Å². The summed E-state index contributed by atoms with van der Waals surface area (Å²) in [5.41, 5.74) is 1.84. The lowest BCUT2D eigenvalue weighted by atomic mass is 10.3. The van der Waals surface area contributed by atoms with Gasteiger partial charge in [-0.15, -0.1) is 0 Å². The first-order valence-corrected chi connectivity index (χ1v) is 7.07. The number of amides is 1. The van der Waals surface area contributed by atoms with Gasteiger partial charge < -0.3 is 9.88 Å². The lowest BCUT2D eigenvalue weighted by Gasteiger charge is -2.10. The molecule has 0 fully saturated rings. The van der Waals surface area contributed by atoms with E-state index in [-0.39, 0.29) is 5.91 Å². The molecule has 0 aromatic carbocycles. The fourth-order valence-corrected chi connectivity index (χ4v) is 2.35. The van der Waals surface area contributed by atoms with Crippen LogP contribution in [0, 0.1) is 6.92 Å². The molecule has 2 rings (SSSR count). The minimum Gasteiger partial charge on any atom is -0.342 e. The Bertz CT molecular complexity index is 637. The molecule has 0 radical (unpaired) electrons. The van der Waals surface area contributed by atoms with Crippen LogP contribution in [0.1, 0.15) is 29.5 Å². The summed E-state index contributed by atoms with van der Waals surface area (Å²) >= 11 is 11.8. The first-order valence-electron chi connectivity index (χ1n) is 6.31. The van der Waals surface area contributed by atoms with E-state index >= 15 is 0 Å². The molecular formula is C14H15Cl2N3O. The topological polar surface area (TPSA) is 46.9 Å². The minimum absolute atomic E-state index is 0.211. The molecule has 0 aliphatic heterocycles. The van der Waals surface area contributed by atoms with Crippen LogP contribution in [0.4, 0.5) is 5.69 Å². The van der Waals surface area contributed by atoms with Crippen LogP contribution in [0.2, 0.25) is 10.2 Å². The van der Waals surface area contributed by atoms with Crippen molar-refractivity contribution >= 4 is 34.8 Å². The number of halogens is 2. The number of aryl methyl sites for hydroxylation is 2. The zero-order valence-electron chi connectivity index (χ0n) is 11.3. The molecule has 0 aliphatic rings. The van der Waals surface area contributed by atoms with Crippen molar-refractivity contribution in [1.82, 2.24) is 9.55 Å². The predicted octanol–water partition coefficient (Wildman–Crippen LogP) is 4.16. The van der Waals surface area contributed by atoms with Crippen molar-refractivity contribution in [3.63, 3.8) is 0 Å². The lowest BCUT2D eigenvalue weighted by Crippen LogP contribution is -2.17. The molecule has 0 atom stereocenters. The zero-order valence-corrected chi connectivity index (χ0v) is 12.8.